The monoisotopic (exact) mass is 252 g/mol. The molecular formula is C11H13ClN4O. The zero-order chi connectivity index (χ0) is 11.8. The largest absolute Gasteiger partial charge is 0.358 e. The van der Waals surface area contributed by atoms with Gasteiger partial charge in [-0.1, -0.05) is 11.6 Å². The highest BCUT2D eigenvalue weighted by Crippen LogP contribution is 2.28. The van der Waals surface area contributed by atoms with Crippen molar-refractivity contribution in [3.8, 4) is 0 Å². The zero-order valence-corrected chi connectivity index (χ0v) is 10.3. The number of halogens is 1. The molecule has 0 amide bonds. The minimum absolute atomic E-state index is 0.0275. The second kappa shape index (κ2) is 4.23. The maximum Gasteiger partial charge on any atom is 0.167 e. The third-order valence-corrected chi connectivity index (χ3v) is 3.33. The Labute approximate surface area is 104 Å². The van der Waals surface area contributed by atoms with Gasteiger partial charge in [-0.15, -0.1) is 0 Å². The normalized spacial score (nSPS) is 20.9. The van der Waals surface area contributed by atoms with E-state index in [4.69, 9.17) is 16.3 Å². The maximum absolute atomic E-state index is 6.01. The quantitative estimate of drug-likeness (QED) is 0.732. The van der Waals surface area contributed by atoms with Crippen LogP contribution in [0.2, 0.25) is 5.15 Å². The predicted molar refractivity (Wildman–Crippen MR) is 63.9 cm³/mol. The second-order valence-electron chi connectivity index (χ2n) is 4.19. The van der Waals surface area contributed by atoms with Crippen molar-refractivity contribution in [2.45, 2.75) is 32.4 Å². The van der Waals surface area contributed by atoms with Crippen LogP contribution in [-0.2, 0) is 4.74 Å². The fourth-order valence-electron chi connectivity index (χ4n) is 2.26. The molecule has 2 aromatic heterocycles. The first-order chi connectivity index (χ1) is 8.27. The van der Waals surface area contributed by atoms with E-state index in [1.165, 1.54) is 12.7 Å². The van der Waals surface area contributed by atoms with Gasteiger partial charge in [-0.3, -0.25) is 4.57 Å². The lowest BCUT2D eigenvalue weighted by Gasteiger charge is -2.24. The van der Waals surface area contributed by atoms with Gasteiger partial charge in [-0.2, -0.15) is 0 Å². The van der Waals surface area contributed by atoms with Gasteiger partial charge in [0, 0.05) is 6.61 Å². The van der Waals surface area contributed by atoms with Crippen LogP contribution in [-0.4, -0.2) is 26.1 Å². The number of fused-ring (bicyclic) bond motifs is 1. The molecule has 1 atom stereocenters. The van der Waals surface area contributed by atoms with Crippen molar-refractivity contribution < 1.29 is 4.74 Å². The Morgan fingerprint density at radius 2 is 2.29 bits per heavy atom. The van der Waals surface area contributed by atoms with E-state index in [9.17, 15) is 0 Å². The van der Waals surface area contributed by atoms with E-state index in [0.29, 0.717) is 10.7 Å². The van der Waals surface area contributed by atoms with E-state index >= 15 is 0 Å². The molecular weight excluding hydrogens is 240 g/mol. The van der Waals surface area contributed by atoms with Crippen molar-refractivity contribution in [1.82, 2.24) is 19.5 Å². The number of aryl methyl sites for hydroxylation is 1. The fraction of sp³-hybridized carbons (Fsp3) is 0.545. The van der Waals surface area contributed by atoms with Gasteiger partial charge >= 0.3 is 0 Å². The smallest absolute Gasteiger partial charge is 0.167 e. The molecule has 0 saturated carbocycles. The lowest BCUT2D eigenvalue weighted by molar-refractivity contribution is -0.0309. The Hall–Kier alpha value is -1.20. The van der Waals surface area contributed by atoms with Crippen LogP contribution in [0.3, 0.4) is 0 Å². The highest BCUT2D eigenvalue weighted by Gasteiger charge is 2.22. The number of hydrogen-bond donors (Lipinski definition) is 0. The van der Waals surface area contributed by atoms with Gasteiger partial charge in [0.05, 0.1) is 0 Å². The summed E-state index contributed by atoms with van der Waals surface area (Å²) in [6.45, 7) is 2.73. The number of aromatic nitrogens is 4. The van der Waals surface area contributed by atoms with Crippen LogP contribution in [0.25, 0.3) is 11.2 Å². The van der Waals surface area contributed by atoms with E-state index < -0.39 is 0 Å². The summed E-state index contributed by atoms with van der Waals surface area (Å²) in [5, 5.41) is 0.396. The lowest BCUT2D eigenvalue weighted by atomic mass is 10.2. The van der Waals surface area contributed by atoms with Gasteiger partial charge in [-0.05, 0) is 26.2 Å². The Bertz CT molecular complexity index is 548. The first kappa shape index (κ1) is 10.9. The Balaban J connectivity index is 2.14. The number of hydrogen-bond acceptors (Lipinski definition) is 4. The molecule has 1 fully saturated rings. The Morgan fingerprint density at radius 1 is 1.41 bits per heavy atom. The first-order valence-electron chi connectivity index (χ1n) is 5.74. The van der Waals surface area contributed by atoms with E-state index in [1.807, 2.05) is 11.5 Å². The number of rotatable bonds is 1. The summed E-state index contributed by atoms with van der Waals surface area (Å²) in [6, 6.07) is 0. The Morgan fingerprint density at radius 3 is 3.06 bits per heavy atom. The van der Waals surface area contributed by atoms with Crippen molar-refractivity contribution in [3.05, 3.63) is 17.3 Å². The summed E-state index contributed by atoms with van der Waals surface area (Å²) in [6.07, 6.45) is 4.78. The SMILES string of the molecule is Cc1nc2c(Cl)ncnc2n1[C@@H]1CCCCO1. The summed E-state index contributed by atoms with van der Waals surface area (Å²) < 4.78 is 7.79. The number of nitrogens with zero attached hydrogens (tertiary/aromatic N) is 4. The van der Waals surface area contributed by atoms with Crippen LogP contribution in [0, 0.1) is 6.92 Å². The van der Waals surface area contributed by atoms with Gasteiger partial charge in [0.2, 0.25) is 0 Å². The highest BCUT2D eigenvalue weighted by molar-refractivity contribution is 6.33. The van der Waals surface area contributed by atoms with Gasteiger partial charge in [0.15, 0.2) is 10.8 Å². The van der Waals surface area contributed by atoms with Crippen molar-refractivity contribution in [1.29, 1.82) is 0 Å². The molecule has 2 aromatic rings. The molecule has 0 aliphatic carbocycles. The molecule has 0 bridgehead atoms. The molecule has 0 N–H and O–H groups in total. The highest BCUT2D eigenvalue weighted by atomic mass is 35.5. The van der Waals surface area contributed by atoms with Crippen LogP contribution < -0.4 is 0 Å². The first-order valence-corrected chi connectivity index (χ1v) is 6.12. The van der Waals surface area contributed by atoms with Gasteiger partial charge in [0.25, 0.3) is 0 Å². The summed E-state index contributed by atoms with van der Waals surface area (Å²) in [5.74, 6) is 0.870. The third-order valence-electron chi connectivity index (χ3n) is 3.05. The Kier molecular flexibility index (Phi) is 2.72. The molecule has 5 nitrogen and oxygen atoms in total. The fourth-order valence-corrected chi connectivity index (χ4v) is 2.43. The predicted octanol–water partition coefficient (Wildman–Crippen LogP) is 2.49. The zero-order valence-electron chi connectivity index (χ0n) is 9.56. The van der Waals surface area contributed by atoms with Crippen molar-refractivity contribution in [2.75, 3.05) is 6.61 Å². The molecule has 90 valence electrons. The summed E-state index contributed by atoms with van der Waals surface area (Å²) in [5.41, 5.74) is 1.41. The van der Waals surface area contributed by atoms with Crippen molar-refractivity contribution >= 4 is 22.8 Å². The van der Waals surface area contributed by atoms with E-state index in [1.54, 1.807) is 0 Å². The topological polar surface area (TPSA) is 52.8 Å². The van der Waals surface area contributed by atoms with Crippen molar-refractivity contribution in [3.63, 3.8) is 0 Å². The van der Waals surface area contributed by atoms with E-state index in [2.05, 4.69) is 15.0 Å². The standard InChI is InChI=1S/C11H13ClN4O/c1-7-15-9-10(12)13-6-14-11(9)16(7)8-4-2-3-5-17-8/h6,8H,2-5H2,1H3/t8-/m0/s1. The van der Waals surface area contributed by atoms with E-state index in [-0.39, 0.29) is 6.23 Å². The molecule has 3 rings (SSSR count). The van der Waals surface area contributed by atoms with Crippen LogP contribution in [0.15, 0.2) is 6.33 Å². The average Bonchev–Trinajstić information content (AvgIpc) is 2.68. The summed E-state index contributed by atoms with van der Waals surface area (Å²) >= 11 is 6.01. The molecule has 17 heavy (non-hydrogen) atoms. The third kappa shape index (κ3) is 1.79. The molecule has 3 heterocycles. The molecule has 0 spiro atoms. The van der Waals surface area contributed by atoms with Gasteiger partial charge < -0.3 is 4.74 Å². The van der Waals surface area contributed by atoms with Crippen LogP contribution >= 0.6 is 11.6 Å². The summed E-state index contributed by atoms with van der Waals surface area (Å²) in [4.78, 5) is 12.6. The van der Waals surface area contributed by atoms with Crippen LogP contribution in [0.1, 0.15) is 31.3 Å². The van der Waals surface area contributed by atoms with Crippen LogP contribution in [0.5, 0.6) is 0 Å². The number of imidazole rings is 1. The minimum Gasteiger partial charge on any atom is -0.358 e. The maximum atomic E-state index is 6.01. The lowest BCUT2D eigenvalue weighted by Crippen LogP contribution is -2.19. The van der Waals surface area contributed by atoms with Gasteiger partial charge in [-0.25, -0.2) is 15.0 Å². The minimum atomic E-state index is 0.0275. The molecule has 0 unspecified atom stereocenters. The number of ether oxygens (including phenoxy) is 1. The molecule has 1 saturated heterocycles. The van der Waals surface area contributed by atoms with Crippen LogP contribution in [0.4, 0.5) is 0 Å². The second-order valence-corrected chi connectivity index (χ2v) is 4.54. The van der Waals surface area contributed by atoms with E-state index in [0.717, 1.165) is 30.9 Å². The molecule has 0 radical (unpaired) electrons. The molecule has 6 heteroatoms. The molecule has 1 aliphatic rings. The molecule has 1 aliphatic heterocycles. The van der Waals surface area contributed by atoms with Crippen molar-refractivity contribution in [2.24, 2.45) is 0 Å². The summed E-state index contributed by atoms with van der Waals surface area (Å²) in [7, 11) is 0. The molecule has 0 aromatic carbocycles. The van der Waals surface area contributed by atoms with Gasteiger partial charge in [0.1, 0.15) is 23.9 Å². The average molecular weight is 253 g/mol.